The predicted molar refractivity (Wildman–Crippen MR) is 93.9 cm³/mol. The van der Waals surface area contributed by atoms with E-state index in [0.29, 0.717) is 0 Å². The van der Waals surface area contributed by atoms with Crippen LogP contribution in [0, 0.1) is 0 Å². The molecule has 0 aliphatic carbocycles. The van der Waals surface area contributed by atoms with Crippen LogP contribution in [0.4, 0.5) is 0 Å². The molecule has 0 radical (unpaired) electrons. The lowest BCUT2D eigenvalue weighted by Gasteiger charge is -1.96. The fraction of sp³-hybridized carbons (Fsp3) is 0.400. The quantitative estimate of drug-likeness (QED) is 0.356. The van der Waals surface area contributed by atoms with E-state index in [0.717, 1.165) is 12.8 Å². The van der Waals surface area contributed by atoms with Crippen molar-refractivity contribution >= 4 is 0 Å². The molecule has 0 atom stereocenters. The normalized spacial score (nSPS) is 14.4. The van der Waals surface area contributed by atoms with E-state index in [1.165, 1.54) is 22.3 Å². The Balaban J connectivity index is 4.31. The minimum atomic E-state index is 1.14. The summed E-state index contributed by atoms with van der Waals surface area (Å²) in [6.45, 7) is 12.8. The Morgan fingerprint density at radius 2 is 1.40 bits per heavy atom. The number of hydrogen-bond donors (Lipinski definition) is 0. The average Bonchev–Trinajstić information content (AvgIpc) is 2.38. The topological polar surface area (TPSA) is 0 Å². The Morgan fingerprint density at radius 1 is 0.800 bits per heavy atom. The fourth-order valence-corrected chi connectivity index (χ4v) is 1.54. The zero-order chi connectivity index (χ0) is 15.4. The van der Waals surface area contributed by atoms with Crippen molar-refractivity contribution < 1.29 is 0 Å². The van der Waals surface area contributed by atoms with E-state index in [-0.39, 0.29) is 0 Å². The molecule has 110 valence electrons. The number of rotatable bonds is 7. The second-order valence-electron chi connectivity index (χ2n) is 5.49. The minimum absolute atomic E-state index is 1.14. The molecule has 0 saturated heterocycles. The highest BCUT2D eigenvalue weighted by Gasteiger charge is 1.87. The van der Waals surface area contributed by atoms with E-state index in [1.807, 2.05) is 0 Å². The fourth-order valence-electron chi connectivity index (χ4n) is 1.54. The third-order valence-corrected chi connectivity index (χ3v) is 3.00. The summed E-state index contributed by atoms with van der Waals surface area (Å²) in [7, 11) is 0. The van der Waals surface area contributed by atoms with Gasteiger partial charge in [0, 0.05) is 0 Å². The summed E-state index contributed by atoms with van der Waals surface area (Å²) in [5.41, 5.74) is 5.37. The predicted octanol–water partition coefficient (Wildman–Crippen LogP) is 6.70. The third-order valence-electron chi connectivity index (χ3n) is 3.00. The van der Waals surface area contributed by atoms with Gasteiger partial charge in [-0.1, -0.05) is 70.9 Å². The Kier molecular flexibility index (Phi) is 10.4. The van der Waals surface area contributed by atoms with Gasteiger partial charge in [0.05, 0.1) is 0 Å². The van der Waals surface area contributed by atoms with Crippen molar-refractivity contribution in [2.75, 3.05) is 0 Å². The van der Waals surface area contributed by atoms with Gasteiger partial charge in [0.1, 0.15) is 0 Å². The van der Waals surface area contributed by atoms with Crippen molar-refractivity contribution in [3.05, 3.63) is 70.9 Å². The van der Waals surface area contributed by atoms with Gasteiger partial charge in [-0.25, -0.2) is 0 Å². The van der Waals surface area contributed by atoms with Crippen LogP contribution in [0.2, 0.25) is 0 Å². The smallest absolute Gasteiger partial charge is 0.0285 e. The summed E-state index contributed by atoms with van der Waals surface area (Å²) in [4.78, 5) is 0. The zero-order valence-corrected chi connectivity index (χ0v) is 14.0. The molecule has 0 heteroatoms. The molecule has 0 unspecified atom stereocenters. The van der Waals surface area contributed by atoms with Crippen molar-refractivity contribution in [3.8, 4) is 0 Å². The van der Waals surface area contributed by atoms with E-state index in [1.54, 1.807) is 0 Å². The molecule has 0 saturated carbocycles. The summed E-state index contributed by atoms with van der Waals surface area (Å²) in [5, 5.41) is 0. The van der Waals surface area contributed by atoms with E-state index >= 15 is 0 Å². The molecule has 0 aromatic heterocycles. The molecular weight excluding hydrogens is 240 g/mol. The first-order valence-electron chi connectivity index (χ1n) is 7.40. The van der Waals surface area contributed by atoms with E-state index < -0.39 is 0 Å². The average molecular weight is 270 g/mol. The van der Waals surface area contributed by atoms with Gasteiger partial charge in [0.15, 0.2) is 0 Å². The van der Waals surface area contributed by atoms with Gasteiger partial charge in [-0.15, -0.1) is 0 Å². The van der Waals surface area contributed by atoms with Gasteiger partial charge in [-0.05, 0) is 54.4 Å². The molecular formula is C20H30. The monoisotopic (exact) mass is 270 g/mol. The van der Waals surface area contributed by atoms with Gasteiger partial charge in [-0.3, -0.25) is 0 Å². The molecule has 0 fully saturated rings. The maximum atomic E-state index is 2.29. The number of hydrogen-bond acceptors (Lipinski definition) is 0. The lowest BCUT2D eigenvalue weighted by atomic mass is 10.1. The van der Waals surface area contributed by atoms with Crippen LogP contribution < -0.4 is 0 Å². The minimum Gasteiger partial charge on any atom is -0.0856 e. The van der Waals surface area contributed by atoms with E-state index in [9.17, 15) is 0 Å². The van der Waals surface area contributed by atoms with Crippen LogP contribution in [0.25, 0.3) is 0 Å². The molecule has 0 bridgehead atoms. The van der Waals surface area contributed by atoms with Crippen LogP contribution in [-0.2, 0) is 0 Å². The summed E-state index contributed by atoms with van der Waals surface area (Å²) in [6.07, 6.45) is 19.5. The summed E-state index contributed by atoms with van der Waals surface area (Å²) in [5.74, 6) is 0. The lowest BCUT2D eigenvalue weighted by Crippen LogP contribution is -1.76. The van der Waals surface area contributed by atoms with Gasteiger partial charge in [0.2, 0.25) is 0 Å². The van der Waals surface area contributed by atoms with E-state index in [2.05, 4.69) is 90.2 Å². The second kappa shape index (κ2) is 11.3. The van der Waals surface area contributed by atoms with Gasteiger partial charge in [-0.2, -0.15) is 0 Å². The highest BCUT2D eigenvalue weighted by Crippen LogP contribution is 2.07. The van der Waals surface area contributed by atoms with Crippen LogP contribution in [-0.4, -0.2) is 0 Å². The maximum Gasteiger partial charge on any atom is -0.0285 e. The number of allylic oxidation sites excluding steroid dienone is 12. The van der Waals surface area contributed by atoms with Crippen LogP contribution >= 0.6 is 0 Å². The van der Waals surface area contributed by atoms with Crippen molar-refractivity contribution in [2.24, 2.45) is 0 Å². The largest absolute Gasteiger partial charge is 0.0856 e. The van der Waals surface area contributed by atoms with Crippen LogP contribution in [0.3, 0.4) is 0 Å². The molecule has 0 nitrogen and oxygen atoms in total. The summed E-state index contributed by atoms with van der Waals surface area (Å²) < 4.78 is 0. The Bertz CT molecular complexity index is 444. The Hall–Kier alpha value is -1.56. The summed E-state index contributed by atoms with van der Waals surface area (Å²) in [6, 6.07) is 0. The molecule has 0 aliphatic rings. The van der Waals surface area contributed by atoms with Crippen molar-refractivity contribution in [1.29, 1.82) is 0 Å². The van der Waals surface area contributed by atoms with Crippen LogP contribution in [0.1, 0.15) is 54.4 Å². The first-order chi connectivity index (χ1) is 9.45. The van der Waals surface area contributed by atoms with Gasteiger partial charge in [0.25, 0.3) is 0 Å². The molecule has 0 aromatic carbocycles. The Labute approximate surface area is 126 Å². The van der Waals surface area contributed by atoms with Crippen molar-refractivity contribution in [2.45, 2.75) is 54.4 Å². The van der Waals surface area contributed by atoms with Gasteiger partial charge < -0.3 is 0 Å². The second-order valence-corrected chi connectivity index (χ2v) is 5.49. The molecule has 0 heterocycles. The lowest BCUT2D eigenvalue weighted by molar-refractivity contribution is 0.967. The molecule has 0 N–H and O–H groups in total. The molecule has 0 rings (SSSR count). The maximum absolute atomic E-state index is 2.29. The SMILES string of the molecule is CC=C(C)C=CC=C(C)C=CC=C(C)CCC=C(C)C. The van der Waals surface area contributed by atoms with E-state index in [4.69, 9.17) is 0 Å². The summed E-state index contributed by atoms with van der Waals surface area (Å²) >= 11 is 0. The van der Waals surface area contributed by atoms with Crippen molar-refractivity contribution in [1.82, 2.24) is 0 Å². The molecule has 0 aromatic rings. The molecule has 0 amide bonds. The van der Waals surface area contributed by atoms with Crippen molar-refractivity contribution in [3.63, 3.8) is 0 Å². The Morgan fingerprint density at radius 3 is 2.00 bits per heavy atom. The first-order valence-corrected chi connectivity index (χ1v) is 7.40. The zero-order valence-electron chi connectivity index (χ0n) is 14.0. The first kappa shape index (κ1) is 18.4. The molecule has 20 heavy (non-hydrogen) atoms. The third kappa shape index (κ3) is 11.5. The van der Waals surface area contributed by atoms with Crippen LogP contribution in [0.15, 0.2) is 70.9 Å². The standard InChI is InChI=1S/C20H30/c1-7-18(4)12-9-14-20(6)16-10-15-19(5)13-8-11-17(2)3/h7,9-12,14-16H,8,13H2,1-6H3. The van der Waals surface area contributed by atoms with Crippen LogP contribution in [0.5, 0.6) is 0 Å². The molecule has 0 aliphatic heterocycles. The highest BCUT2D eigenvalue weighted by molar-refractivity contribution is 5.28. The highest BCUT2D eigenvalue weighted by atomic mass is 13.9. The molecule has 0 spiro atoms. The van der Waals surface area contributed by atoms with Gasteiger partial charge >= 0.3 is 0 Å².